The van der Waals surface area contributed by atoms with Gasteiger partial charge in [-0.15, -0.1) is 11.8 Å². The first-order chi connectivity index (χ1) is 4.37. The highest BCUT2D eigenvalue weighted by atomic mass is 79.9. The van der Waals surface area contributed by atoms with Crippen LogP contribution in [0.2, 0.25) is 0 Å². The Bertz CT molecular complexity index is 195. The van der Waals surface area contributed by atoms with Crippen LogP contribution in [-0.2, 0) is 9.84 Å². The number of sulfone groups is 1. The molecule has 0 aliphatic carbocycles. The van der Waals surface area contributed by atoms with Crippen LogP contribution in [0.15, 0.2) is 0 Å². The van der Waals surface area contributed by atoms with Crippen LogP contribution in [0.25, 0.3) is 0 Å². The third-order valence-electron chi connectivity index (χ3n) is 1.02. The average molecular weight is 312 g/mol. The maximum absolute atomic E-state index is 11.0. The lowest BCUT2D eigenvalue weighted by molar-refractivity contribution is 0.599. The van der Waals surface area contributed by atoms with Crippen LogP contribution in [0.4, 0.5) is 0 Å². The van der Waals surface area contributed by atoms with E-state index in [-0.39, 0.29) is 0 Å². The zero-order valence-corrected chi connectivity index (χ0v) is 10.4. The van der Waals surface area contributed by atoms with Gasteiger partial charge in [-0.3, -0.25) is 0 Å². The van der Waals surface area contributed by atoms with E-state index in [1.807, 2.05) is 0 Å². The van der Waals surface area contributed by atoms with E-state index in [1.165, 1.54) is 18.0 Å². The topological polar surface area (TPSA) is 34.1 Å². The average Bonchev–Trinajstić information content (AvgIpc) is 1.84. The fourth-order valence-corrected chi connectivity index (χ4v) is 3.76. The Morgan fingerprint density at radius 3 is 2.00 bits per heavy atom. The molecule has 62 valence electrons. The molecule has 0 spiro atoms. The van der Waals surface area contributed by atoms with Crippen molar-refractivity contribution in [3.8, 4) is 0 Å². The molecule has 0 heterocycles. The van der Waals surface area contributed by atoms with Gasteiger partial charge in [0.25, 0.3) is 0 Å². The van der Waals surface area contributed by atoms with E-state index in [0.717, 1.165) is 0 Å². The second kappa shape index (κ2) is 3.78. The number of halogens is 2. The van der Waals surface area contributed by atoms with Gasteiger partial charge in [0.2, 0.25) is 0 Å². The Morgan fingerprint density at radius 2 is 2.00 bits per heavy atom. The van der Waals surface area contributed by atoms with Crippen LogP contribution in [0.3, 0.4) is 0 Å². The number of alkyl halides is 2. The van der Waals surface area contributed by atoms with E-state index in [4.69, 9.17) is 0 Å². The summed E-state index contributed by atoms with van der Waals surface area (Å²) in [5, 5.41) is 0.389. The number of hydrogen-bond acceptors (Lipinski definition) is 3. The Hall–Kier alpha value is 1.26. The van der Waals surface area contributed by atoms with E-state index < -0.39 is 12.8 Å². The number of thioether (sulfide) groups is 1. The van der Waals surface area contributed by atoms with Crippen molar-refractivity contribution in [3.63, 3.8) is 0 Å². The van der Waals surface area contributed by atoms with E-state index in [1.54, 1.807) is 6.26 Å². The Kier molecular flexibility index (Phi) is 4.25. The summed E-state index contributed by atoms with van der Waals surface area (Å²) in [5.41, 5.74) is 0. The molecule has 0 aromatic carbocycles. The first-order valence-electron chi connectivity index (χ1n) is 2.37. The van der Waals surface area contributed by atoms with Crippen molar-refractivity contribution in [1.29, 1.82) is 0 Å². The number of hydrogen-bond donors (Lipinski definition) is 0. The number of rotatable bonds is 3. The molecule has 2 nitrogen and oxygen atoms in total. The lowest BCUT2D eigenvalue weighted by atomic mass is 10.9. The molecule has 0 aliphatic heterocycles. The smallest absolute Gasteiger partial charge is 0.181 e. The van der Waals surface area contributed by atoms with Gasteiger partial charge in [-0.2, -0.15) is 0 Å². The molecular formula is C4H8Br2O2S2. The first-order valence-corrected chi connectivity index (χ1v) is 7.40. The summed E-state index contributed by atoms with van der Waals surface area (Å²) in [4.78, 5) is 0. The van der Waals surface area contributed by atoms with Crippen molar-refractivity contribution in [2.24, 2.45) is 0 Å². The summed E-state index contributed by atoms with van der Waals surface area (Å²) in [6.07, 6.45) is 2.95. The quantitative estimate of drug-likeness (QED) is 0.746. The minimum absolute atomic E-state index is 0.389. The largest absolute Gasteiger partial charge is 0.227 e. The van der Waals surface area contributed by atoms with E-state index in [2.05, 4.69) is 31.9 Å². The van der Waals surface area contributed by atoms with Crippen molar-refractivity contribution in [1.82, 2.24) is 0 Å². The molecule has 10 heavy (non-hydrogen) atoms. The van der Waals surface area contributed by atoms with Crippen molar-refractivity contribution in [2.75, 3.05) is 17.8 Å². The first kappa shape index (κ1) is 11.3. The fourth-order valence-electron chi connectivity index (χ4n) is 0.305. The predicted molar refractivity (Wildman–Crippen MR) is 53.8 cm³/mol. The molecule has 0 rings (SSSR count). The molecule has 0 fully saturated rings. The normalized spacial score (nSPS) is 18.4. The molecule has 6 heteroatoms. The second-order valence-electron chi connectivity index (χ2n) is 1.77. The Morgan fingerprint density at radius 1 is 1.60 bits per heavy atom. The van der Waals surface area contributed by atoms with Gasteiger partial charge in [0.15, 0.2) is 12.8 Å². The van der Waals surface area contributed by atoms with Gasteiger partial charge in [0.05, 0.1) is 0 Å². The zero-order chi connectivity index (χ0) is 8.41. The summed E-state index contributed by atoms with van der Waals surface area (Å²) in [6, 6.07) is 0. The molecule has 0 aromatic heterocycles. The van der Waals surface area contributed by atoms with Gasteiger partial charge in [0.1, 0.15) is 0 Å². The Balaban J connectivity index is 4.68. The zero-order valence-electron chi connectivity index (χ0n) is 5.60. The summed E-state index contributed by atoms with van der Waals surface area (Å²) in [7, 11) is -3.03. The van der Waals surface area contributed by atoms with Gasteiger partial charge < -0.3 is 0 Å². The Labute approximate surface area is 82.3 Å². The molecule has 1 atom stereocenters. The third-order valence-corrected chi connectivity index (χ3v) is 9.78. The molecule has 0 N–H and O–H groups in total. The standard InChI is InChI=1S/C4H8Br2O2S2/c1-9-4(6,3-5)10(2,7)8/h3H2,1-2H3. The second-order valence-corrected chi connectivity index (χ2v) is 8.34. The van der Waals surface area contributed by atoms with E-state index in [9.17, 15) is 8.42 Å². The highest BCUT2D eigenvalue weighted by Crippen LogP contribution is 2.37. The molecule has 0 saturated carbocycles. The summed E-state index contributed by atoms with van der Waals surface area (Å²) in [5.74, 6) is 0. The van der Waals surface area contributed by atoms with Gasteiger partial charge in [-0.1, -0.05) is 31.9 Å². The van der Waals surface area contributed by atoms with Crippen LogP contribution in [0.1, 0.15) is 0 Å². The predicted octanol–water partition coefficient (Wildman–Crippen LogP) is 1.84. The third kappa shape index (κ3) is 2.39. The van der Waals surface area contributed by atoms with E-state index in [0.29, 0.717) is 5.33 Å². The maximum Gasteiger partial charge on any atom is 0.181 e. The molecule has 0 aromatic rings. The minimum Gasteiger partial charge on any atom is -0.227 e. The van der Waals surface area contributed by atoms with E-state index >= 15 is 0 Å². The highest BCUT2D eigenvalue weighted by molar-refractivity contribution is 9.15. The summed E-state index contributed by atoms with van der Waals surface area (Å²) in [6.45, 7) is 0. The van der Waals surface area contributed by atoms with Crippen molar-refractivity contribution in [3.05, 3.63) is 0 Å². The van der Waals surface area contributed by atoms with Gasteiger partial charge in [-0.05, 0) is 6.26 Å². The van der Waals surface area contributed by atoms with Crippen LogP contribution in [-0.4, -0.2) is 29.2 Å². The van der Waals surface area contributed by atoms with Crippen LogP contribution < -0.4 is 0 Å². The van der Waals surface area contributed by atoms with Gasteiger partial charge in [0, 0.05) is 11.6 Å². The summed E-state index contributed by atoms with van der Waals surface area (Å²) >= 11 is 7.51. The van der Waals surface area contributed by atoms with Gasteiger partial charge >= 0.3 is 0 Å². The summed E-state index contributed by atoms with van der Waals surface area (Å²) < 4.78 is 21.2. The lowest BCUT2D eigenvalue weighted by Gasteiger charge is -2.19. The van der Waals surface area contributed by atoms with Gasteiger partial charge in [-0.25, -0.2) is 8.42 Å². The molecule has 1 unspecified atom stereocenters. The molecule has 0 radical (unpaired) electrons. The lowest BCUT2D eigenvalue weighted by Crippen LogP contribution is -2.28. The van der Waals surface area contributed by atoms with Crippen LogP contribution in [0.5, 0.6) is 0 Å². The monoisotopic (exact) mass is 310 g/mol. The fraction of sp³-hybridized carbons (Fsp3) is 1.00. The van der Waals surface area contributed by atoms with Crippen molar-refractivity contribution >= 4 is 53.5 Å². The van der Waals surface area contributed by atoms with Crippen LogP contribution >= 0.6 is 43.6 Å². The van der Waals surface area contributed by atoms with Crippen LogP contribution in [0, 0.1) is 0 Å². The molecule has 0 aliphatic rings. The maximum atomic E-state index is 11.0. The highest BCUT2D eigenvalue weighted by Gasteiger charge is 2.35. The molecule has 0 amide bonds. The molecule has 0 saturated heterocycles. The SMILES string of the molecule is CSC(Br)(CBr)S(C)(=O)=O. The van der Waals surface area contributed by atoms with Crippen molar-refractivity contribution < 1.29 is 8.42 Å². The minimum atomic E-state index is -3.03. The molecular weight excluding hydrogens is 304 g/mol. The molecule has 0 bridgehead atoms. The van der Waals surface area contributed by atoms with Crippen molar-refractivity contribution in [2.45, 2.75) is 2.99 Å².